The summed E-state index contributed by atoms with van der Waals surface area (Å²) in [6, 6.07) is 7.80. The molecule has 0 atom stereocenters. The Labute approximate surface area is 144 Å². The van der Waals surface area contributed by atoms with E-state index in [1.54, 1.807) is 12.0 Å². The topological polar surface area (TPSA) is 61.9 Å². The largest absolute Gasteiger partial charge is 0.497 e. The van der Waals surface area contributed by atoms with Gasteiger partial charge < -0.3 is 19.9 Å². The zero-order chi connectivity index (χ0) is 17.9. The Morgan fingerprint density at radius 3 is 2.54 bits per heavy atom. The van der Waals surface area contributed by atoms with Crippen LogP contribution in [0.2, 0.25) is 0 Å². The van der Waals surface area contributed by atoms with Crippen LogP contribution in [0.1, 0.15) is 18.9 Å². The molecule has 0 aliphatic rings. The monoisotopic (exact) mass is 335 g/mol. The van der Waals surface area contributed by atoms with Crippen LogP contribution < -0.4 is 10.1 Å². The number of nitrogens with zero attached hydrogens (tertiary/aromatic N) is 2. The summed E-state index contributed by atoms with van der Waals surface area (Å²) in [6.45, 7) is 3.99. The number of likely N-dealkylation sites (N-methyl/N-ethyl adjacent to an activating group) is 1. The molecule has 1 rings (SSSR count). The zero-order valence-corrected chi connectivity index (χ0v) is 15.2. The summed E-state index contributed by atoms with van der Waals surface area (Å²) in [4.78, 5) is 27.3. The van der Waals surface area contributed by atoms with Crippen LogP contribution in [0.15, 0.2) is 24.3 Å². The van der Waals surface area contributed by atoms with Crippen molar-refractivity contribution in [2.24, 2.45) is 0 Å². The van der Waals surface area contributed by atoms with E-state index in [-0.39, 0.29) is 11.8 Å². The van der Waals surface area contributed by atoms with Gasteiger partial charge >= 0.3 is 0 Å². The molecule has 6 nitrogen and oxygen atoms in total. The van der Waals surface area contributed by atoms with Crippen LogP contribution in [0, 0.1) is 0 Å². The Kier molecular flexibility index (Phi) is 8.86. The minimum absolute atomic E-state index is 0.000954. The van der Waals surface area contributed by atoms with Crippen LogP contribution in [0.25, 0.3) is 0 Å². The lowest BCUT2D eigenvalue weighted by atomic mass is 10.1. The summed E-state index contributed by atoms with van der Waals surface area (Å²) in [7, 11) is 5.56. The standard InChI is InChI=1S/C18H29N3O3/c1-15(22)21(13-12-20(2)3)11-9-18(23)19-10-8-16-6-5-7-17(14-16)24-4/h5-7,14H,8-13H2,1-4H3,(H,19,23). The van der Waals surface area contributed by atoms with Gasteiger partial charge in [0.2, 0.25) is 11.8 Å². The van der Waals surface area contributed by atoms with Gasteiger partial charge in [0.1, 0.15) is 5.75 Å². The summed E-state index contributed by atoms with van der Waals surface area (Å²) >= 11 is 0. The number of amides is 2. The first-order valence-corrected chi connectivity index (χ1v) is 8.22. The third-order valence-electron chi connectivity index (χ3n) is 3.74. The number of nitrogens with one attached hydrogen (secondary N) is 1. The molecule has 0 aromatic heterocycles. The van der Waals surface area contributed by atoms with E-state index in [1.165, 1.54) is 6.92 Å². The minimum atomic E-state index is -0.0333. The maximum atomic E-state index is 11.9. The first-order valence-electron chi connectivity index (χ1n) is 8.22. The molecule has 0 saturated heterocycles. The quantitative estimate of drug-likeness (QED) is 0.697. The van der Waals surface area contributed by atoms with Gasteiger partial charge in [-0.05, 0) is 38.2 Å². The molecule has 0 heterocycles. The predicted octanol–water partition coefficient (Wildman–Crippen LogP) is 1.15. The molecule has 6 heteroatoms. The minimum Gasteiger partial charge on any atom is -0.497 e. The number of hydrogen-bond acceptors (Lipinski definition) is 4. The Hall–Kier alpha value is -2.08. The highest BCUT2D eigenvalue weighted by molar-refractivity contribution is 5.78. The van der Waals surface area contributed by atoms with Gasteiger partial charge in [-0.15, -0.1) is 0 Å². The van der Waals surface area contributed by atoms with E-state index in [2.05, 4.69) is 5.32 Å². The second-order valence-electron chi connectivity index (χ2n) is 6.01. The molecule has 24 heavy (non-hydrogen) atoms. The highest BCUT2D eigenvalue weighted by Gasteiger charge is 2.11. The van der Waals surface area contributed by atoms with Crippen molar-refractivity contribution in [2.45, 2.75) is 19.8 Å². The average molecular weight is 335 g/mol. The van der Waals surface area contributed by atoms with E-state index >= 15 is 0 Å². The Bertz CT molecular complexity index is 532. The molecular weight excluding hydrogens is 306 g/mol. The lowest BCUT2D eigenvalue weighted by molar-refractivity contribution is -0.129. The molecule has 1 aromatic rings. The van der Waals surface area contributed by atoms with Gasteiger partial charge in [-0.1, -0.05) is 12.1 Å². The van der Waals surface area contributed by atoms with Crippen LogP contribution in [0.4, 0.5) is 0 Å². The molecule has 1 aromatic carbocycles. The summed E-state index contributed by atoms with van der Waals surface area (Å²) in [5, 5.41) is 2.90. The number of rotatable bonds is 10. The second kappa shape index (κ2) is 10.6. The highest BCUT2D eigenvalue weighted by atomic mass is 16.5. The van der Waals surface area contributed by atoms with Gasteiger partial charge in [-0.25, -0.2) is 0 Å². The van der Waals surface area contributed by atoms with Crippen molar-refractivity contribution in [1.29, 1.82) is 0 Å². The summed E-state index contributed by atoms with van der Waals surface area (Å²) in [5.41, 5.74) is 1.12. The van der Waals surface area contributed by atoms with Gasteiger partial charge in [-0.3, -0.25) is 9.59 Å². The van der Waals surface area contributed by atoms with E-state index in [9.17, 15) is 9.59 Å². The molecule has 134 valence electrons. The van der Waals surface area contributed by atoms with Gasteiger partial charge in [0.05, 0.1) is 7.11 Å². The molecule has 0 spiro atoms. The lowest BCUT2D eigenvalue weighted by Gasteiger charge is -2.22. The molecule has 0 bridgehead atoms. The highest BCUT2D eigenvalue weighted by Crippen LogP contribution is 2.12. The Balaban J connectivity index is 2.30. The molecular formula is C18H29N3O3. The normalized spacial score (nSPS) is 10.5. The van der Waals surface area contributed by atoms with Crippen molar-refractivity contribution in [2.75, 3.05) is 47.4 Å². The van der Waals surface area contributed by atoms with E-state index in [4.69, 9.17) is 4.74 Å². The van der Waals surface area contributed by atoms with Crippen LogP contribution >= 0.6 is 0 Å². The maximum Gasteiger partial charge on any atom is 0.221 e. The van der Waals surface area contributed by atoms with Crippen molar-refractivity contribution in [3.05, 3.63) is 29.8 Å². The van der Waals surface area contributed by atoms with E-state index in [0.717, 1.165) is 24.3 Å². The van der Waals surface area contributed by atoms with Crippen LogP contribution in [-0.4, -0.2) is 69.0 Å². The third-order valence-corrected chi connectivity index (χ3v) is 3.74. The summed E-state index contributed by atoms with van der Waals surface area (Å²) < 4.78 is 5.18. The Morgan fingerprint density at radius 2 is 1.92 bits per heavy atom. The number of benzene rings is 1. The average Bonchev–Trinajstić information content (AvgIpc) is 2.54. The lowest BCUT2D eigenvalue weighted by Crippen LogP contribution is -2.38. The maximum absolute atomic E-state index is 11.9. The van der Waals surface area contributed by atoms with Crippen LogP contribution in [0.3, 0.4) is 0 Å². The molecule has 0 aliphatic heterocycles. The predicted molar refractivity (Wildman–Crippen MR) is 95.1 cm³/mol. The SMILES string of the molecule is COc1cccc(CCNC(=O)CCN(CCN(C)C)C(C)=O)c1. The van der Waals surface area contributed by atoms with Gasteiger partial charge in [0.15, 0.2) is 0 Å². The third kappa shape index (κ3) is 7.97. The molecule has 0 fully saturated rings. The first kappa shape index (κ1) is 20.0. The molecule has 1 N–H and O–H groups in total. The number of hydrogen-bond donors (Lipinski definition) is 1. The fourth-order valence-corrected chi connectivity index (χ4v) is 2.25. The number of methoxy groups -OCH3 is 1. The van der Waals surface area contributed by atoms with Crippen molar-refractivity contribution in [1.82, 2.24) is 15.1 Å². The fourth-order valence-electron chi connectivity index (χ4n) is 2.25. The molecule has 0 radical (unpaired) electrons. The molecule has 0 aliphatic carbocycles. The van der Waals surface area contributed by atoms with Crippen molar-refractivity contribution < 1.29 is 14.3 Å². The molecule has 2 amide bonds. The smallest absolute Gasteiger partial charge is 0.221 e. The first-order chi connectivity index (χ1) is 11.4. The van der Waals surface area contributed by atoms with Crippen molar-refractivity contribution in [3.8, 4) is 5.75 Å². The summed E-state index contributed by atoms with van der Waals surface area (Å²) in [5.74, 6) is 0.784. The van der Waals surface area contributed by atoms with Crippen LogP contribution in [-0.2, 0) is 16.0 Å². The number of ether oxygens (including phenoxy) is 1. The fraction of sp³-hybridized carbons (Fsp3) is 0.556. The second-order valence-corrected chi connectivity index (χ2v) is 6.01. The van der Waals surface area contributed by atoms with Crippen molar-refractivity contribution >= 4 is 11.8 Å². The van der Waals surface area contributed by atoms with Gasteiger partial charge in [0, 0.05) is 39.5 Å². The number of carbonyl (C=O) groups is 2. The molecule has 0 saturated carbocycles. The Morgan fingerprint density at radius 1 is 1.17 bits per heavy atom. The van der Waals surface area contributed by atoms with E-state index in [1.807, 2.05) is 43.3 Å². The summed E-state index contributed by atoms with van der Waals surface area (Å²) in [6.07, 6.45) is 1.07. The van der Waals surface area contributed by atoms with E-state index < -0.39 is 0 Å². The molecule has 0 unspecified atom stereocenters. The number of carbonyl (C=O) groups excluding carboxylic acids is 2. The van der Waals surface area contributed by atoms with Gasteiger partial charge in [0.25, 0.3) is 0 Å². The van der Waals surface area contributed by atoms with Crippen LogP contribution in [0.5, 0.6) is 5.75 Å². The van der Waals surface area contributed by atoms with E-state index in [0.29, 0.717) is 26.1 Å². The zero-order valence-electron chi connectivity index (χ0n) is 15.2. The van der Waals surface area contributed by atoms with Crippen molar-refractivity contribution in [3.63, 3.8) is 0 Å². The van der Waals surface area contributed by atoms with Gasteiger partial charge in [-0.2, -0.15) is 0 Å².